The number of pyridine rings is 1. The van der Waals surface area contributed by atoms with Crippen molar-refractivity contribution in [3.8, 4) is 10.4 Å². The van der Waals surface area contributed by atoms with Gasteiger partial charge in [0, 0.05) is 29.7 Å². The third-order valence-electron chi connectivity index (χ3n) is 6.75. The van der Waals surface area contributed by atoms with Gasteiger partial charge in [-0.05, 0) is 67.1 Å². The van der Waals surface area contributed by atoms with E-state index in [1.54, 1.807) is 12.3 Å². The van der Waals surface area contributed by atoms with Crippen LogP contribution in [0.5, 0.6) is 0 Å². The first-order valence-electron chi connectivity index (χ1n) is 10.9. The summed E-state index contributed by atoms with van der Waals surface area (Å²) in [4.78, 5) is 33.5. The van der Waals surface area contributed by atoms with E-state index in [4.69, 9.17) is 4.98 Å². The van der Waals surface area contributed by atoms with Gasteiger partial charge in [-0.2, -0.15) is 0 Å². The molecule has 2 aliphatic rings. The lowest BCUT2D eigenvalue weighted by atomic mass is 9.65. The molecule has 1 aliphatic heterocycles. The lowest BCUT2D eigenvalue weighted by molar-refractivity contribution is 0.0874. The summed E-state index contributed by atoms with van der Waals surface area (Å²) in [5, 5.41) is 6.55. The van der Waals surface area contributed by atoms with Gasteiger partial charge in [0.25, 0.3) is 5.91 Å². The number of aromatic nitrogens is 3. The van der Waals surface area contributed by atoms with Crippen LogP contribution in [0.1, 0.15) is 35.0 Å². The van der Waals surface area contributed by atoms with E-state index in [1.165, 1.54) is 23.8 Å². The minimum Gasteiger partial charge on any atom is -0.329 e. The summed E-state index contributed by atoms with van der Waals surface area (Å²) in [6, 6.07) is 15.4. The van der Waals surface area contributed by atoms with Crippen molar-refractivity contribution in [1.29, 1.82) is 0 Å². The largest absolute Gasteiger partial charge is 0.329 e. The number of hydrogen-bond donors (Lipinski definition) is 3. The molecule has 1 aromatic carbocycles. The van der Waals surface area contributed by atoms with Gasteiger partial charge in [0.2, 0.25) is 11.5 Å². The van der Waals surface area contributed by atoms with Crippen LogP contribution in [0.4, 0.5) is 5.95 Å². The number of para-hydroxylation sites is 2. The summed E-state index contributed by atoms with van der Waals surface area (Å²) in [5.74, 6) is 0.423. The minimum atomic E-state index is -0.181. The zero-order valence-corrected chi connectivity index (χ0v) is 18.2. The average Bonchev–Trinajstić information content (AvgIpc) is 3.50. The highest BCUT2D eigenvalue weighted by Gasteiger charge is 2.47. The van der Waals surface area contributed by atoms with Crippen LogP contribution in [-0.2, 0) is 0 Å². The molecule has 4 aromatic rings. The number of nitrogens with one attached hydrogen (secondary N) is 3. The van der Waals surface area contributed by atoms with E-state index in [0.29, 0.717) is 22.3 Å². The van der Waals surface area contributed by atoms with Gasteiger partial charge in [-0.25, -0.2) is 4.98 Å². The van der Waals surface area contributed by atoms with Gasteiger partial charge in [0.15, 0.2) is 0 Å². The molecule has 1 amide bonds. The molecular formula is C24H23N5O2S. The molecule has 7 nitrogen and oxygen atoms in total. The zero-order valence-electron chi connectivity index (χ0n) is 17.4. The lowest BCUT2D eigenvalue weighted by Crippen LogP contribution is -2.40. The summed E-state index contributed by atoms with van der Waals surface area (Å²) >= 11 is 1.37. The molecule has 0 bridgehead atoms. The summed E-state index contributed by atoms with van der Waals surface area (Å²) in [5.41, 5.74) is 2.99. The van der Waals surface area contributed by atoms with Crippen molar-refractivity contribution in [2.75, 3.05) is 18.4 Å². The van der Waals surface area contributed by atoms with E-state index in [2.05, 4.69) is 26.3 Å². The molecule has 4 heterocycles. The topological polar surface area (TPSA) is 91.8 Å². The standard InChI is InChI=1S/C24H23N5O2S/c30-21-11-15(7-9-26-21)19-5-6-20(32-19)22(31)28-23-27-17-3-1-2-4-18(17)29(23)16-12-24(13-16)8-10-25-14-24/h1-7,9,11,16,25H,8,10,12-14H2,(H,26,30)(H,27,28,31). The Bertz CT molecular complexity index is 1370. The monoisotopic (exact) mass is 445 g/mol. The van der Waals surface area contributed by atoms with E-state index in [0.717, 1.165) is 47.4 Å². The Morgan fingerprint density at radius 3 is 2.88 bits per heavy atom. The van der Waals surface area contributed by atoms with Crippen LogP contribution in [0.15, 0.2) is 59.5 Å². The van der Waals surface area contributed by atoms with Crippen molar-refractivity contribution in [2.45, 2.75) is 25.3 Å². The number of nitrogens with zero attached hydrogens (tertiary/aromatic N) is 2. The van der Waals surface area contributed by atoms with Crippen LogP contribution in [0.3, 0.4) is 0 Å². The fourth-order valence-electron chi connectivity index (χ4n) is 5.14. The Morgan fingerprint density at radius 1 is 1.19 bits per heavy atom. The van der Waals surface area contributed by atoms with Gasteiger partial charge < -0.3 is 14.9 Å². The second-order valence-corrected chi connectivity index (χ2v) is 9.93. The molecule has 0 unspecified atom stereocenters. The smallest absolute Gasteiger partial charge is 0.268 e. The average molecular weight is 446 g/mol. The number of hydrogen-bond acceptors (Lipinski definition) is 5. The highest BCUT2D eigenvalue weighted by molar-refractivity contribution is 7.17. The Morgan fingerprint density at radius 2 is 2.06 bits per heavy atom. The zero-order chi connectivity index (χ0) is 21.7. The SMILES string of the molecule is O=C(Nc1nc2ccccc2n1C1CC2(CCNC2)C1)c1ccc(-c2cc[nH]c(=O)c2)s1. The maximum absolute atomic E-state index is 13.1. The molecule has 1 aliphatic carbocycles. The van der Waals surface area contributed by atoms with Crippen LogP contribution in [0.2, 0.25) is 0 Å². The number of imidazole rings is 1. The van der Waals surface area contributed by atoms with Gasteiger partial charge >= 0.3 is 0 Å². The Hall–Kier alpha value is -3.23. The summed E-state index contributed by atoms with van der Waals surface area (Å²) in [6.07, 6.45) is 5.05. The predicted octanol–water partition coefficient (Wildman–Crippen LogP) is 4.02. The van der Waals surface area contributed by atoms with E-state index < -0.39 is 0 Å². The van der Waals surface area contributed by atoms with E-state index in [1.807, 2.05) is 30.3 Å². The number of fused-ring (bicyclic) bond motifs is 1. The number of aromatic amines is 1. The second kappa shape index (κ2) is 7.43. The number of H-pyrrole nitrogens is 1. The van der Waals surface area contributed by atoms with Gasteiger partial charge in [-0.3, -0.25) is 14.9 Å². The summed E-state index contributed by atoms with van der Waals surface area (Å²) in [7, 11) is 0. The fraction of sp³-hybridized carbons (Fsp3) is 0.292. The van der Waals surface area contributed by atoms with E-state index >= 15 is 0 Å². The third-order valence-corrected chi connectivity index (χ3v) is 7.88. The maximum atomic E-state index is 13.1. The number of benzene rings is 1. The van der Waals surface area contributed by atoms with Gasteiger partial charge in [-0.15, -0.1) is 11.3 Å². The minimum absolute atomic E-state index is 0.161. The second-order valence-electron chi connectivity index (χ2n) is 8.84. The molecule has 3 N–H and O–H groups in total. The third kappa shape index (κ3) is 3.27. The predicted molar refractivity (Wildman–Crippen MR) is 126 cm³/mol. The number of rotatable bonds is 4. The highest BCUT2D eigenvalue weighted by Crippen LogP contribution is 2.53. The fourth-order valence-corrected chi connectivity index (χ4v) is 6.04. The maximum Gasteiger partial charge on any atom is 0.268 e. The van der Waals surface area contributed by atoms with Crippen molar-refractivity contribution in [3.63, 3.8) is 0 Å². The van der Waals surface area contributed by atoms with Gasteiger partial charge in [-0.1, -0.05) is 12.1 Å². The quantitative estimate of drug-likeness (QED) is 0.442. The first-order chi connectivity index (χ1) is 15.6. The molecule has 3 aromatic heterocycles. The number of anilines is 1. The molecule has 8 heteroatoms. The van der Waals surface area contributed by atoms with E-state index in [-0.39, 0.29) is 11.5 Å². The Labute approximate surface area is 188 Å². The van der Waals surface area contributed by atoms with Crippen molar-refractivity contribution >= 4 is 34.2 Å². The van der Waals surface area contributed by atoms with Crippen LogP contribution in [-0.4, -0.2) is 33.5 Å². The van der Waals surface area contributed by atoms with E-state index in [9.17, 15) is 9.59 Å². The molecule has 1 spiro atoms. The summed E-state index contributed by atoms with van der Waals surface area (Å²) in [6.45, 7) is 2.17. The molecule has 1 saturated heterocycles. The molecule has 0 radical (unpaired) electrons. The Kier molecular flexibility index (Phi) is 4.51. The molecule has 162 valence electrons. The first-order valence-corrected chi connectivity index (χ1v) is 11.7. The number of amides is 1. The molecule has 32 heavy (non-hydrogen) atoms. The van der Waals surface area contributed by atoms with Crippen molar-refractivity contribution < 1.29 is 4.79 Å². The number of thiophene rings is 1. The van der Waals surface area contributed by atoms with Crippen molar-refractivity contribution in [1.82, 2.24) is 19.9 Å². The number of carbonyl (C=O) groups is 1. The van der Waals surface area contributed by atoms with Crippen LogP contribution in [0.25, 0.3) is 21.5 Å². The molecule has 0 atom stereocenters. The van der Waals surface area contributed by atoms with Crippen LogP contribution >= 0.6 is 11.3 Å². The molecule has 2 fully saturated rings. The Balaban J connectivity index is 1.29. The first kappa shape index (κ1) is 19.5. The normalized spacial score (nSPS) is 22.3. The molecule has 1 saturated carbocycles. The van der Waals surface area contributed by atoms with Gasteiger partial charge in [0.1, 0.15) is 0 Å². The molecular weight excluding hydrogens is 422 g/mol. The van der Waals surface area contributed by atoms with Crippen LogP contribution < -0.4 is 16.2 Å². The van der Waals surface area contributed by atoms with Crippen molar-refractivity contribution in [2.24, 2.45) is 5.41 Å². The highest BCUT2D eigenvalue weighted by atomic mass is 32.1. The number of carbonyl (C=O) groups excluding carboxylic acids is 1. The van der Waals surface area contributed by atoms with Crippen molar-refractivity contribution in [3.05, 3.63) is 70.0 Å². The van der Waals surface area contributed by atoms with Crippen LogP contribution in [0, 0.1) is 5.41 Å². The molecule has 6 rings (SSSR count). The van der Waals surface area contributed by atoms with Gasteiger partial charge in [0.05, 0.1) is 15.9 Å². The summed E-state index contributed by atoms with van der Waals surface area (Å²) < 4.78 is 2.21. The lowest BCUT2D eigenvalue weighted by Gasteiger charge is -2.46.